The van der Waals surface area contributed by atoms with Crippen LogP contribution in [-0.2, 0) is 4.79 Å². The highest BCUT2D eigenvalue weighted by molar-refractivity contribution is 6.10. The Kier molecular flexibility index (Phi) is 2.42. The van der Waals surface area contributed by atoms with Crippen LogP contribution in [0.25, 0.3) is 5.57 Å². The van der Waals surface area contributed by atoms with Crippen LogP contribution in [0.2, 0.25) is 0 Å². The van der Waals surface area contributed by atoms with Gasteiger partial charge in [0.15, 0.2) is 17.7 Å². The summed E-state index contributed by atoms with van der Waals surface area (Å²) in [5.41, 5.74) is -0.470. The smallest absolute Gasteiger partial charge is 0.395 e. The second-order valence-electron chi connectivity index (χ2n) is 4.08. The molecule has 20 heavy (non-hydrogen) atoms. The number of hydrogen-bond donors (Lipinski definition) is 2. The van der Waals surface area contributed by atoms with E-state index in [0.717, 1.165) is 0 Å². The molecule has 0 saturated carbocycles. The third kappa shape index (κ3) is 1.68. The number of nitrogens with one attached hydrogen (secondary N) is 1. The van der Waals surface area contributed by atoms with Crippen molar-refractivity contribution in [1.29, 1.82) is 5.26 Å². The molecule has 1 amide bonds. The lowest BCUT2D eigenvalue weighted by Crippen LogP contribution is -2.28. The van der Waals surface area contributed by atoms with E-state index in [0.29, 0.717) is 0 Å². The number of alkyl halides is 2. The minimum absolute atomic E-state index is 0.00192. The normalized spacial score (nSPS) is 22.7. The molecule has 0 aliphatic carbocycles. The molecule has 3 rings (SSSR count). The number of para-hydroxylation sites is 1. The Hall–Kier alpha value is -2.66. The third-order valence-corrected chi connectivity index (χ3v) is 2.87. The van der Waals surface area contributed by atoms with Gasteiger partial charge in [0, 0.05) is 11.1 Å². The van der Waals surface area contributed by atoms with Gasteiger partial charge in [-0.1, -0.05) is 12.1 Å². The molecule has 1 unspecified atom stereocenters. The summed E-state index contributed by atoms with van der Waals surface area (Å²) in [5, 5.41) is 20.8. The fraction of sp³-hybridized carbons (Fsp3) is 0.167. The Labute approximate surface area is 110 Å². The topological polar surface area (TPSA) is 91.6 Å². The summed E-state index contributed by atoms with van der Waals surface area (Å²) in [5.74, 6) is -1.34. The molecule has 2 heterocycles. The second-order valence-corrected chi connectivity index (χ2v) is 4.08. The van der Waals surface area contributed by atoms with E-state index >= 15 is 0 Å². The summed E-state index contributed by atoms with van der Waals surface area (Å²) in [4.78, 5) is 11.5. The van der Waals surface area contributed by atoms with E-state index < -0.39 is 18.4 Å². The molecule has 1 atom stereocenters. The monoisotopic (exact) mass is 280 g/mol. The van der Waals surface area contributed by atoms with Crippen LogP contribution in [0.4, 0.5) is 8.78 Å². The SMILES string of the molecule is N#CC1=C(c2cccc3c2OC(F)(F)O3)C(O)NC1=O. The Morgan fingerprint density at radius 3 is 2.85 bits per heavy atom. The number of ether oxygens (including phenoxy) is 2. The molecule has 8 heteroatoms. The van der Waals surface area contributed by atoms with Gasteiger partial charge in [-0.15, -0.1) is 8.78 Å². The van der Waals surface area contributed by atoms with E-state index in [1.165, 1.54) is 18.2 Å². The van der Waals surface area contributed by atoms with Gasteiger partial charge in [-0.05, 0) is 6.07 Å². The molecule has 2 N–H and O–H groups in total. The molecular formula is C12H6F2N2O4. The maximum Gasteiger partial charge on any atom is 0.586 e. The first-order valence-electron chi connectivity index (χ1n) is 5.45. The van der Waals surface area contributed by atoms with Gasteiger partial charge in [0.25, 0.3) is 5.91 Å². The van der Waals surface area contributed by atoms with Gasteiger partial charge < -0.3 is 19.9 Å². The van der Waals surface area contributed by atoms with Gasteiger partial charge in [0.2, 0.25) is 0 Å². The minimum atomic E-state index is -3.83. The molecule has 0 fully saturated rings. The number of amides is 1. The Morgan fingerprint density at radius 2 is 2.15 bits per heavy atom. The summed E-state index contributed by atoms with van der Waals surface area (Å²) >= 11 is 0. The van der Waals surface area contributed by atoms with E-state index in [9.17, 15) is 18.7 Å². The lowest BCUT2D eigenvalue weighted by molar-refractivity contribution is -0.286. The van der Waals surface area contributed by atoms with Crippen LogP contribution in [0.3, 0.4) is 0 Å². The van der Waals surface area contributed by atoms with Gasteiger partial charge in [0.05, 0.1) is 0 Å². The van der Waals surface area contributed by atoms with Crippen LogP contribution in [0.5, 0.6) is 11.5 Å². The predicted molar refractivity (Wildman–Crippen MR) is 59.3 cm³/mol. The second kappa shape index (κ2) is 3.91. The first-order chi connectivity index (χ1) is 9.43. The standard InChI is InChI=1S/C12H6F2N2O4/c13-12(14)19-7-3-1-2-5(9(7)20-12)8-6(4-15)10(17)16-11(8)18/h1-3,11,18H,(H,16,17). The zero-order valence-electron chi connectivity index (χ0n) is 9.68. The van der Waals surface area contributed by atoms with Crippen LogP contribution < -0.4 is 14.8 Å². The number of nitriles is 1. The highest BCUT2D eigenvalue weighted by Gasteiger charge is 2.46. The van der Waals surface area contributed by atoms with Gasteiger partial charge in [-0.3, -0.25) is 4.79 Å². The van der Waals surface area contributed by atoms with Crippen molar-refractivity contribution in [2.24, 2.45) is 0 Å². The number of rotatable bonds is 1. The highest BCUT2D eigenvalue weighted by Crippen LogP contribution is 2.46. The van der Waals surface area contributed by atoms with Crippen molar-refractivity contribution in [2.75, 3.05) is 0 Å². The molecular weight excluding hydrogens is 274 g/mol. The lowest BCUT2D eigenvalue weighted by atomic mass is 10.00. The van der Waals surface area contributed by atoms with E-state index in [1.54, 1.807) is 6.07 Å². The molecule has 1 aromatic rings. The van der Waals surface area contributed by atoms with Crippen molar-refractivity contribution >= 4 is 11.5 Å². The Balaban J connectivity index is 2.19. The predicted octanol–water partition coefficient (Wildman–Crippen LogP) is 0.733. The Bertz CT molecular complexity index is 693. The van der Waals surface area contributed by atoms with E-state index in [4.69, 9.17) is 5.26 Å². The summed E-state index contributed by atoms with van der Waals surface area (Å²) in [6.45, 7) is 0. The number of aliphatic hydroxyl groups excluding tert-OH is 1. The largest absolute Gasteiger partial charge is 0.586 e. The van der Waals surface area contributed by atoms with Crippen LogP contribution in [0.15, 0.2) is 23.8 Å². The van der Waals surface area contributed by atoms with Crippen molar-refractivity contribution in [3.8, 4) is 17.6 Å². The molecule has 0 bridgehead atoms. The van der Waals surface area contributed by atoms with Crippen LogP contribution in [-0.4, -0.2) is 23.5 Å². The van der Waals surface area contributed by atoms with E-state index in [1.807, 2.05) is 0 Å². The molecule has 0 radical (unpaired) electrons. The highest BCUT2D eigenvalue weighted by atomic mass is 19.3. The Morgan fingerprint density at radius 1 is 1.40 bits per heavy atom. The van der Waals surface area contributed by atoms with Crippen LogP contribution in [0.1, 0.15) is 5.56 Å². The van der Waals surface area contributed by atoms with Gasteiger partial charge >= 0.3 is 6.29 Å². The van der Waals surface area contributed by atoms with Gasteiger partial charge in [-0.2, -0.15) is 5.26 Å². The van der Waals surface area contributed by atoms with Crippen molar-refractivity contribution < 1.29 is 28.2 Å². The average molecular weight is 280 g/mol. The molecule has 0 aromatic heterocycles. The van der Waals surface area contributed by atoms with Crippen molar-refractivity contribution in [2.45, 2.75) is 12.5 Å². The number of hydrogen-bond acceptors (Lipinski definition) is 5. The number of nitrogens with zero attached hydrogens (tertiary/aromatic N) is 1. The zero-order valence-corrected chi connectivity index (χ0v) is 9.68. The average Bonchev–Trinajstić information content (AvgIpc) is 2.82. The number of fused-ring (bicyclic) bond motifs is 1. The summed E-state index contributed by atoms with van der Waals surface area (Å²) in [6, 6.07) is 5.61. The van der Waals surface area contributed by atoms with Crippen molar-refractivity contribution in [1.82, 2.24) is 5.32 Å². The molecule has 0 saturated heterocycles. The third-order valence-electron chi connectivity index (χ3n) is 2.87. The van der Waals surface area contributed by atoms with E-state index in [-0.39, 0.29) is 28.2 Å². The molecule has 2 aliphatic rings. The molecule has 102 valence electrons. The lowest BCUT2D eigenvalue weighted by Gasteiger charge is -2.11. The maximum atomic E-state index is 13.1. The first-order valence-corrected chi connectivity index (χ1v) is 5.45. The number of carbonyl (C=O) groups is 1. The zero-order chi connectivity index (χ0) is 14.5. The minimum Gasteiger partial charge on any atom is -0.395 e. The van der Waals surface area contributed by atoms with Crippen LogP contribution in [0, 0.1) is 11.3 Å². The van der Waals surface area contributed by atoms with Crippen molar-refractivity contribution in [3.05, 3.63) is 29.3 Å². The van der Waals surface area contributed by atoms with Crippen molar-refractivity contribution in [3.63, 3.8) is 0 Å². The molecule has 6 nitrogen and oxygen atoms in total. The summed E-state index contributed by atoms with van der Waals surface area (Å²) in [7, 11) is 0. The van der Waals surface area contributed by atoms with Gasteiger partial charge in [0.1, 0.15) is 11.6 Å². The summed E-state index contributed by atoms with van der Waals surface area (Å²) in [6.07, 6.45) is -5.30. The number of aliphatic hydroxyl groups is 1. The fourth-order valence-corrected chi connectivity index (χ4v) is 2.10. The quantitative estimate of drug-likeness (QED) is 0.791. The fourth-order valence-electron chi connectivity index (χ4n) is 2.10. The molecule has 2 aliphatic heterocycles. The van der Waals surface area contributed by atoms with Crippen LogP contribution >= 0.6 is 0 Å². The molecule has 1 aromatic carbocycles. The molecule has 0 spiro atoms. The number of halogens is 2. The number of benzene rings is 1. The van der Waals surface area contributed by atoms with Gasteiger partial charge in [-0.25, -0.2) is 0 Å². The number of carbonyl (C=O) groups excluding carboxylic acids is 1. The maximum absolute atomic E-state index is 13.1. The van der Waals surface area contributed by atoms with E-state index in [2.05, 4.69) is 14.8 Å². The first kappa shape index (κ1) is 12.4. The summed E-state index contributed by atoms with van der Waals surface area (Å²) < 4.78 is 34.8.